The zero-order chi connectivity index (χ0) is 15.2. The minimum atomic E-state index is -0.351. The highest BCUT2D eigenvalue weighted by Gasteiger charge is 2.29. The molecule has 1 unspecified atom stereocenters. The summed E-state index contributed by atoms with van der Waals surface area (Å²) in [6, 6.07) is 9.28. The number of hydrogen-bond donors (Lipinski definition) is 1. The van der Waals surface area contributed by atoms with Gasteiger partial charge in [0.25, 0.3) is 0 Å². The lowest BCUT2D eigenvalue weighted by Gasteiger charge is -2.25. The first-order valence-corrected chi connectivity index (χ1v) is 8.61. The van der Waals surface area contributed by atoms with Gasteiger partial charge < -0.3 is 5.11 Å². The van der Waals surface area contributed by atoms with Crippen LogP contribution < -0.4 is 0 Å². The molecule has 1 aromatic carbocycles. The summed E-state index contributed by atoms with van der Waals surface area (Å²) < 4.78 is 0. The number of nitrogens with zero attached hydrogens (tertiary/aromatic N) is 1. The van der Waals surface area contributed by atoms with Crippen LogP contribution >= 0.6 is 0 Å². The van der Waals surface area contributed by atoms with Crippen molar-refractivity contribution in [1.82, 2.24) is 4.90 Å². The smallest absolute Gasteiger partial charge is 0.0917 e. The highest BCUT2D eigenvalue weighted by molar-refractivity contribution is 5.24. The average Bonchev–Trinajstić information content (AvgIpc) is 3.28. The highest BCUT2D eigenvalue weighted by Crippen LogP contribution is 2.29. The monoisotopic (exact) mass is 289 g/mol. The van der Waals surface area contributed by atoms with E-state index in [4.69, 9.17) is 0 Å². The molecule has 1 atom stereocenters. The summed E-state index contributed by atoms with van der Waals surface area (Å²) in [5.74, 6) is 0.681. The number of benzene rings is 1. The molecule has 2 rings (SSSR count). The second-order valence-electron chi connectivity index (χ2n) is 6.94. The first-order valence-electron chi connectivity index (χ1n) is 8.61. The molecule has 2 heteroatoms. The molecule has 21 heavy (non-hydrogen) atoms. The van der Waals surface area contributed by atoms with E-state index in [0.717, 1.165) is 31.1 Å². The van der Waals surface area contributed by atoms with E-state index in [1.54, 1.807) is 0 Å². The molecule has 1 aromatic rings. The predicted molar refractivity (Wildman–Crippen MR) is 89.4 cm³/mol. The van der Waals surface area contributed by atoms with Crippen LogP contribution in [0.4, 0.5) is 0 Å². The summed E-state index contributed by atoms with van der Waals surface area (Å²) in [4.78, 5) is 2.48. The third-order valence-electron chi connectivity index (χ3n) is 4.28. The Bertz CT molecular complexity index is 408. The molecule has 0 aromatic heterocycles. The third-order valence-corrected chi connectivity index (χ3v) is 4.28. The molecule has 0 aliphatic heterocycles. The number of rotatable bonds is 9. The second-order valence-corrected chi connectivity index (χ2v) is 6.94. The summed E-state index contributed by atoms with van der Waals surface area (Å²) in [5, 5.41) is 10.5. The number of aliphatic hydroxyl groups is 1. The Labute approximate surface area is 130 Å². The van der Waals surface area contributed by atoms with E-state index in [1.165, 1.54) is 31.2 Å². The van der Waals surface area contributed by atoms with Gasteiger partial charge in [0.2, 0.25) is 0 Å². The molecule has 1 fully saturated rings. The van der Waals surface area contributed by atoms with Crippen molar-refractivity contribution in [2.45, 2.75) is 65.0 Å². The van der Waals surface area contributed by atoms with Gasteiger partial charge in [-0.25, -0.2) is 0 Å². The van der Waals surface area contributed by atoms with Crippen LogP contribution in [-0.2, 0) is 6.42 Å². The van der Waals surface area contributed by atoms with Crippen LogP contribution in [0.15, 0.2) is 24.3 Å². The molecule has 118 valence electrons. The molecule has 0 spiro atoms. The Kier molecular flexibility index (Phi) is 6.25. The van der Waals surface area contributed by atoms with E-state index < -0.39 is 0 Å². The lowest BCUT2D eigenvalue weighted by atomic mass is 10.00. The minimum absolute atomic E-state index is 0.351. The van der Waals surface area contributed by atoms with Gasteiger partial charge in [0.1, 0.15) is 0 Å². The van der Waals surface area contributed by atoms with Crippen LogP contribution in [0.3, 0.4) is 0 Å². The molecule has 0 heterocycles. The maximum absolute atomic E-state index is 10.5. The molecule has 1 aliphatic carbocycles. The fourth-order valence-electron chi connectivity index (χ4n) is 2.90. The van der Waals surface area contributed by atoms with Crippen molar-refractivity contribution >= 4 is 0 Å². The van der Waals surface area contributed by atoms with Gasteiger partial charge in [-0.2, -0.15) is 0 Å². The molecule has 1 N–H and O–H groups in total. The fraction of sp³-hybridized carbons (Fsp3) is 0.684. The summed E-state index contributed by atoms with van der Waals surface area (Å²) in [6.07, 6.45) is 5.84. The summed E-state index contributed by atoms with van der Waals surface area (Å²) in [6.45, 7) is 8.63. The first kappa shape index (κ1) is 16.5. The summed E-state index contributed by atoms with van der Waals surface area (Å²) in [5.41, 5.74) is 2.43. The molecular weight excluding hydrogens is 258 g/mol. The van der Waals surface area contributed by atoms with Crippen LogP contribution in [0.2, 0.25) is 0 Å². The van der Waals surface area contributed by atoms with Crippen molar-refractivity contribution < 1.29 is 5.11 Å². The van der Waals surface area contributed by atoms with Crippen molar-refractivity contribution in [3.05, 3.63) is 35.4 Å². The van der Waals surface area contributed by atoms with E-state index in [-0.39, 0.29) is 6.10 Å². The first-order chi connectivity index (χ1) is 10.1. The van der Waals surface area contributed by atoms with Crippen LogP contribution in [0.25, 0.3) is 0 Å². The van der Waals surface area contributed by atoms with Crippen molar-refractivity contribution in [2.75, 3.05) is 13.1 Å². The Morgan fingerprint density at radius 3 is 2.38 bits per heavy atom. The van der Waals surface area contributed by atoms with Gasteiger partial charge in [-0.1, -0.05) is 51.5 Å². The molecule has 2 nitrogen and oxygen atoms in total. The number of unbranched alkanes of at least 4 members (excludes halogenated alkanes) is 1. The van der Waals surface area contributed by atoms with Crippen molar-refractivity contribution in [2.24, 2.45) is 5.92 Å². The maximum Gasteiger partial charge on any atom is 0.0917 e. The van der Waals surface area contributed by atoms with Gasteiger partial charge in [0.05, 0.1) is 6.10 Å². The zero-order valence-corrected chi connectivity index (χ0v) is 13.9. The van der Waals surface area contributed by atoms with Gasteiger partial charge in [-0.15, -0.1) is 0 Å². The molecule has 0 radical (unpaired) electrons. The van der Waals surface area contributed by atoms with Gasteiger partial charge in [-0.05, 0) is 49.3 Å². The second kappa shape index (κ2) is 7.95. The summed E-state index contributed by atoms with van der Waals surface area (Å²) >= 11 is 0. The van der Waals surface area contributed by atoms with E-state index >= 15 is 0 Å². The minimum Gasteiger partial charge on any atom is -0.387 e. The van der Waals surface area contributed by atoms with Crippen LogP contribution in [0.1, 0.15) is 63.7 Å². The zero-order valence-electron chi connectivity index (χ0n) is 13.9. The summed E-state index contributed by atoms with van der Waals surface area (Å²) in [7, 11) is 0. The lowest BCUT2D eigenvalue weighted by Crippen LogP contribution is -2.31. The normalized spacial score (nSPS) is 16.7. The Hall–Kier alpha value is -0.860. The largest absolute Gasteiger partial charge is 0.387 e. The van der Waals surface area contributed by atoms with Gasteiger partial charge in [0, 0.05) is 12.6 Å². The van der Waals surface area contributed by atoms with E-state index in [0.29, 0.717) is 5.92 Å². The van der Waals surface area contributed by atoms with Crippen molar-refractivity contribution in [1.29, 1.82) is 0 Å². The fourth-order valence-corrected chi connectivity index (χ4v) is 2.90. The Balaban J connectivity index is 1.90. The predicted octanol–water partition coefficient (Wildman–Crippen LogP) is 4.18. The molecule has 0 amide bonds. The van der Waals surface area contributed by atoms with E-state index in [1.807, 2.05) is 0 Å². The molecule has 1 saturated carbocycles. The van der Waals surface area contributed by atoms with Crippen molar-refractivity contribution in [3.63, 3.8) is 0 Å². The van der Waals surface area contributed by atoms with Crippen molar-refractivity contribution in [3.8, 4) is 0 Å². The quantitative estimate of drug-likeness (QED) is 0.737. The highest BCUT2D eigenvalue weighted by atomic mass is 16.3. The van der Waals surface area contributed by atoms with E-state index in [9.17, 15) is 5.11 Å². The lowest BCUT2D eigenvalue weighted by molar-refractivity contribution is 0.107. The number of aliphatic hydroxyl groups excluding tert-OH is 1. The van der Waals surface area contributed by atoms with Crippen LogP contribution in [0, 0.1) is 5.92 Å². The van der Waals surface area contributed by atoms with Gasteiger partial charge in [-0.3, -0.25) is 4.90 Å². The number of hydrogen-bond acceptors (Lipinski definition) is 2. The topological polar surface area (TPSA) is 23.5 Å². The SMILES string of the molecule is CCCCN(CC(O)c1ccc(CC(C)C)cc1)C1CC1. The van der Waals surface area contributed by atoms with Crippen LogP contribution in [0.5, 0.6) is 0 Å². The van der Waals surface area contributed by atoms with Gasteiger partial charge >= 0.3 is 0 Å². The maximum atomic E-state index is 10.5. The van der Waals surface area contributed by atoms with Gasteiger partial charge in [0.15, 0.2) is 0 Å². The Morgan fingerprint density at radius 2 is 1.86 bits per heavy atom. The average molecular weight is 289 g/mol. The molecule has 1 aliphatic rings. The standard InChI is InChI=1S/C19H31NO/c1-4-5-12-20(18-10-11-18)14-19(21)17-8-6-16(7-9-17)13-15(2)3/h6-9,15,18-19,21H,4-5,10-14H2,1-3H3. The Morgan fingerprint density at radius 1 is 1.19 bits per heavy atom. The third kappa shape index (κ3) is 5.44. The molecular formula is C19H31NO. The molecule has 0 saturated heterocycles. The molecule has 0 bridgehead atoms. The van der Waals surface area contributed by atoms with E-state index in [2.05, 4.69) is 49.9 Å². The van der Waals surface area contributed by atoms with Crippen LogP contribution in [-0.4, -0.2) is 29.1 Å².